The van der Waals surface area contributed by atoms with Crippen LogP contribution in [-0.4, -0.2) is 75.4 Å². The monoisotopic (exact) mass is 441 g/mol. The smallest absolute Gasteiger partial charge is 0.248 e. The number of carbonyl (C=O) groups excluding carboxylic acids is 1. The lowest BCUT2D eigenvalue weighted by Crippen LogP contribution is -2.43. The molecule has 0 saturated carbocycles. The molecule has 3 aromatic rings. The van der Waals surface area contributed by atoms with Crippen molar-refractivity contribution in [3.8, 4) is 17.0 Å². The van der Waals surface area contributed by atoms with E-state index in [9.17, 15) is 14.3 Å². The summed E-state index contributed by atoms with van der Waals surface area (Å²) in [6.45, 7) is 6.94. The Kier molecular flexibility index (Phi) is 6.38. The number of amides is 1. The van der Waals surface area contributed by atoms with E-state index in [4.69, 9.17) is 4.74 Å². The molecule has 1 unspecified atom stereocenters. The number of pyridine rings is 1. The van der Waals surface area contributed by atoms with Crippen LogP contribution in [0.15, 0.2) is 24.3 Å². The number of aromatic hydroxyl groups is 1. The van der Waals surface area contributed by atoms with Crippen LogP contribution in [0.25, 0.3) is 22.3 Å². The van der Waals surface area contributed by atoms with Gasteiger partial charge in [-0.3, -0.25) is 14.8 Å². The van der Waals surface area contributed by atoms with Gasteiger partial charge in [0.15, 0.2) is 5.65 Å². The predicted octanol–water partition coefficient (Wildman–Crippen LogP) is 2.85. The van der Waals surface area contributed by atoms with Crippen LogP contribution < -0.4 is 0 Å². The third-order valence-electron chi connectivity index (χ3n) is 5.93. The van der Waals surface area contributed by atoms with Gasteiger partial charge in [0.2, 0.25) is 5.91 Å². The number of methoxy groups -OCH3 is 1. The zero-order valence-electron chi connectivity index (χ0n) is 18.6. The van der Waals surface area contributed by atoms with E-state index in [1.54, 1.807) is 0 Å². The normalized spacial score (nSPS) is 17.6. The maximum Gasteiger partial charge on any atom is 0.248 e. The van der Waals surface area contributed by atoms with Gasteiger partial charge in [-0.1, -0.05) is 0 Å². The molecule has 4 rings (SSSR count). The molecule has 170 valence electrons. The van der Waals surface area contributed by atoms with Gasteiger partial charge in [0.25, 0.3) is 0 Å². The van der Waals surface area contributed by atoms with Crippen LogP contribution in [0.4, 0.5) is 4.39 Å². The highest BCUT2D eigenvalue weighted by Gasteiger charge is 2.26. The van der Waals surface area contributed by atoms with Crippen molar-refractivity contribution in [1.82, 2.24) is 25.0 Å². The van der Waals surface area contributed by atoms with Gasteiger partial charge in [0.1, 0.15) is 18.2 Å². The van der Waals surface area contributed by atoms with E-state index in [1.807, 2.05) is 24.8 Å². The second kappa shape index (κ2) is 9.22. The number of H-pyrrole nitrogens is 1. The SMILES string of the molecule is COCC(=O)N1CCCN(Cc2cc(-c3ccc(O)cc3F)nc3[nH]nc(C)c23)CC1C. The number of rotatable bonds is 5. The molecule has 1 fully saturated rings. The molecule has 1 aliphatic rings. The van der Waals surface area contributed by atoms with Crippen LogP contribution in [0.5, 0.6) is 5.75 Å². The van der Waals surface area contributed by atoms with Crippen LogP contribution in [0.1, 0.15) is 24.6 Å². The topological polar surface area (TPSA) is 94.6 Å². The maximum atomic E-state index is 14.5. The van der Waals surface area contributed by atoms with Crippen LogP contribution in [0.2, 0.25) is 0 Å². The number of aromatic amines is 1. The molecule has 0 spiro atoms. The first kappa shape index (κ1) is 22.2. The van der Waals surface area contributed by atoms with Crippen LogP contribution >= 0.6 is 0 Å². The van der Waals surface area contributed by atoms with Gasteiger partial charge in [-0.05, 0) is 44.0 Å². The highest BCUT2D eigenvalue weighted by Crippen LogP contribution is 2.30. The fourth-order valence-electron chi connectivity index (χ4n) is 4.46. The molecular weight excluding hydrogens is 413 g/mol. The number of ether oxygens (including phenoxy) is 1. The maximum absolute atomic E-state index is 14.5. The summed E-state index contributed by atoms with van der Waals surface area (Å²) >= 11 is 0. The van der Waals surface area contributed by atoms with Crippen molar-refractivity contribution in [2.75, 3.05) is 33.4 Å². The Morgan fingerprint density at radius 3 is 2.91 bits per heavy atom. The molecule has 0 aliphatic carbocycles. The van der Waals surface area contributed by atoms with E-state index in [-0.39, 0.29) is 24.3 Å². The lowest BCUT2D eigenvalue weighted by Gasteiger charge is -2.29. The summed E-state index contributed by atoms with van der Waals surface area (Å²) in [4.78, 5) is 21.1. The zero-order chi connectivity index (χ0) is 22.8. The first-order valence-electron chi connectivity index (χ1n) is 10.7. The predicted molar refractivity (Wildman–Crippen MR) is 119 cm³/mol. The Hall–Kier alpha value is -3.04. The average molecular weight is 442 g/mol. The van der Waals surface area contributed by atoms with Crippen molar-refractivity contribution < 1.29 is 19.0 Å². The van der Waals surface area contributed by atoms with Gasteiger partial charge in [-0.2, -0.15) is 5.10 Å². The molecule has 1 aromatic carbocycles. The molecular formula is C23H28FN5O3. The minimum absolute atomic E-state index is 0.00363. The Morgan fingerprint density at radius 2 is 2.16 bits per heavy atom. The summed E-state index contributed by atoms with van der Waals surface area (Å²) in [6, 6.07) is 6.01. The van der Waals surface area contributed by atoms with Gasteiger partial charge in [0, 0.05) is 56.3 Å². The van der Waals surface area contributed by atoms with Crippen LogP contribution in [0.3, 0.4) is 0 Å². The number of hydrogen-bond acceptors (Lipinski definition) is 6. The van der Waals surface area contributed by atoms with Gasteiger partial charge >= 0.3 is 0 Å². The number of hydrogen-bond donors (Lipinski definition) is 2. The van der Waals surface area contributed by atoms with Gasteiger partial charge in [0.05, 0.1) is 11.4 Å². The van der Waals surface area contributed by atoms with Crippen molar-refractivity contribution >= 4 is 16.9 Å². The molecule has 0 radical (unpaired) electrons. The molecule has 8 nitrogen and oxygen atoms in total. The van der Waals surface area contributed by atoms with Crippen LogP contribution in [-0.2, 0) is 16.1 Å². The Bertz CT molecular complexity index is 1130. The number of nitrogens with zero attached hydrogens (tertiary/aromatic N) is 4. The van der Waals surface area contributed by atoms with E-state index in [0.717, 1.165) is 42.2 Å². The fourth-order valence-corrected chi connectivity index (χ4v) is 4.46. The van der Waals surface area contributed by atoms with E-state index < -0.39 is 5.82 Å². The minimum Gasteiger partial charge on any atom is -0.508 e. The number of benzene rings is 1. The van der Waals surface area contributed by atoms with E-state index in [0.29, 0.717) is 30.0 Å². The summed E-state index contributed by atoms with van der Waals surface area (Å²) in [7, 11) is 1.53. The first-order valence-corrected chi connectivity index (χ1v) is 10.7. The van der Waals surface area contributed by atoms with Gasteiger partial charge in [-0.25, -0.2) is 9.37 Å². The Labute approximate surface area is 186 Å². The summed E-state index contributed by atoms with van der Waals surface area (Å²) in [5.74, 6) is -0.658. The summed E-state index contributed by atoms with van der Waals surface area (Å²) in [5.41, 5.74) is 3.22. The quantitative estimate of drug-likeness (QED) is 0.632. The number of fused-ring (bicyclic) bond motifs is 1. The second-order valence-corrected chi connectivity index (χ2v) is 8.32. The highest BCUT2D eigenvalue weighted by atomic mass is 19.1. The molecule has 1 amide bonds. The minimum atomic E-state index is -0.533. The first-order chi connectivity index (χ1) is 15.4. The van der Waals surface area contributed by atoms with Crippen molar-refractivity contribution in [3.63, 3.8) is 0 Å². The highest BCUT2D eigenvalue weighted by molar-refractivity contribution is 5.84. The number of carbonyl (C=O) groups is 1. The van der Waals surface area contributed by atoms with Crippen molar-refractivity contribution in [3.05, 3.63) is 41.3 Å². The number of aryl methyl sites for hydroxylation is 1. The van der Waals surface area contributed by atoms with E-state index in [2.05, 4.69) is 20.1 Å². The molecule has 1 atom stereocenters. The largest absolute Gasteiger partial charge is 0.508 e. The third kappa shape index (κ3) is 4.44. The average Bonchev–Trinajstić information content (AvgIpc) is 3.01. The van der Waals surface area contributed by atoms with E-state index in [1.165, 1.54) is 19.2 Å². The van der Waals surface area contributed by atoms with Crippen molar-refractivity contribution in [2.45, 2.75) is 32.9 Å². The summed E-state index contributed by atoms with van der Waals surface area (Å²) in [6.07, 6.45) is 0.859. The summed E-state index contributed by atoms with van der Waals surface area (Å²) in [5, 5.41) is 17.7. The molecule has 9 heteroatoms. The standard InChI is InChI=1S/C23H28FN5O3/c1-14-11-28(7-4-8-29(14)21(31)13-32-3)12-16-9-20(18-6-5-17(30)10-19(18)24)25-23-22(16)15(2)26-27-23/h5-6,9-10,14,30H,4,7-8,11-13H2,1-3H3,(H,25,26,27). The lowest BCUT2D eigenvalue weighted by molar-refractivity contribution is -0.137. The Morgan fingerprint density at radius 1 is 1.34 bits per heavy atom. The van der Waals surface area contributed by atoms with E-state index >= 15 is 0 Å². The molecule has 32 heavy (non-hydrogen) atoms. The number of nitrogens with one attached hydrogen (secondary N) is 1. The lowest BCUT2D eigenvalue weighted by atomic mass is 10.0. The molecule has 1 aliphatic heterocycles. The Balaban J connectivity index is 1.65. The molecule has 2 aromatic heterocycles. The van der Waals surface area contributed by atoms with Crippen molar-refractivity contribution in [1.29, 1.82) is 0 Å². The fraction of sp³-hybridized carbons (Fsp3) is 0.435. The number of phenols is 1. The van der Waals surface area contributed by atoms with Gasteiger partial charge < -0.3 is 14.7 Å². The number of halogens is 1. The third-order valence-corrected chi connectivity index (χ3v) is 5.93. The van der Waals surface area contributed by atoms with Crippen LogP contribution in [0, 0.1) is 12.7 Å². The number of aromatic nitrogens is 3. The van der Waals surface area contributed by atoms with Crippen molar-refractivity contribution in [2.24, 2.45) is 0 Å². The second-order valence-electron chi connectivity index (χ2n) is 8.32. The molecule has 3 heterocycles. The van der Waals surface area contributed by atoms with Gasteiger partial charge in [-0.15, -0.1) is 0 Å². The summed E-state index contributed by atoms with van der Waals surface area (Å²) < 4.78 is 19.6. The molecule has 0 bridgehead atoms. The zero-order valence-corrected chi connectivity index (χ0v) is 18.6. The molecule has 1 saturated heterocycles. The molecule has 2 N–H and O–H groups in total. The number of phenolic OH excluding ortho intramolecular Hbond substituents is 1.